The minimum atomic E-state index is 0.848. The standard InChI is InChI=1S/C24H16N6/c1-2-9-26-21(3-1)23-18-14-22(28-19(18)8-12-27-23)24-17-13-16(4-5-20(17)29-30-24)15-6-10-25-11-7-15/h1-14,28H,(H,29,30). The number of H-pyrrole nitrogens is 2. The van der Waals surface area contributed by atoms with E-state index in [1.54, 1.807) is 24.8 Å². The van der Waals surface area contributed by atoms with Gasteiger partial charge >= 0.3 is 0 Å². The number of aromatic amines is 2. The van der Waals surface area contributed by atoms with Crippen LogP contribution in [0.15, 0.2) is 85.5 Å². The molecule has 6 nitrogen and oxygen atoms in total. The summed E-state index contributed by atoms with van der Waals surface area (Å²) >= 11 is 0. The molecule has 2 N–H and O–H groups in total. The Hall–Kier alpha value is -4.32. The van der Waals surface area contributed by atoms with Crippen LogP contribution in [-0.4, -0.2) is 30.1 Å². The molecule has 6 rings (SSSR count). The Morgan fingerprint density at radius 3 is 2.40 bits per heavy atom. The van der Waals surface area contributed by atoms with Crippen LogP contribution in [0.1, 0.15) is 0 Å². The lowest BCUT2D eigenvalue weighted by atomic mass is 10.0. The minimum Gasteiger partial charge on any atom is -0.353 e. The summed E-state index contributed by atoms with van der Waals surface area (Å²) in [6, 6.07) is 20.2. The molecule has 142 valence electrons. The van der Waals surface area contributed by atoms with Gasteiger partial charge in [0.2, 0.25) is 0 Å². The first kappa shape index (κ1) is 16.6. The maximum atomic E-state index is 4.59. The quantitative estimate of drug-likeness (QED) is 0.435. The summed E-state index contributed by atoms with van der Waals surface area (Å²) in [5, 5.41) is 9.82. The van der Waals surface area contributed by atoms with Crippen molar-refractivity contribution < 1.29 is 0 Å². The Kier molecular flexibility index (Phi) is 3.67. The van der Waals surface area contributed by atoms with Crippen molar-refractivity contribution in [3.8, 4) is 33.9 Å². The number of nitrogens with zero attached hydrogens (tertiary/aromatic N) is 4. The number of nitrogens with one attached hydrogen (secondary N) is 2. The molecule has 30 heavy (non-hydrogen) atoms. The van der Waals surface area contributed by atoms with Crippen molar-refractivity contribution in [1.29, 1.82) is 0 Å². The normalized spacial score (nSPS) is 11.3. The third-order valence-corrected chi connectivity index (χ3v) is 5.29. The molecule has 0 fully saturated rings. The molecule has 0 spiro atoms. The summed E-state index contributed by atoms with van der Waals surface area (Å²) in [6.07, 6.45) is 7.20. The molecule has 0 aliphatic carbocycles. The molecule has 6 heteroatoms. The van der Waals surface area contributed by atoms with E-state index >= 15 is 0 Å². The molecule has 0 amide bonds. The van der Waals surface area contributed by atoms with Gasteiger partial charge in [0.05, 0.1) is 22.6 Å². The van der Waals surface area contributed by atoms with Crippen LogP contribution in [-0.2, 0) is 0 Å². The van der Waals surface area contributed by atoms with Crippen LogP contribution in [0.5, 0.6) is 0 Å². The fourth-order valence-corrected chi connectivity index (χ4v) is 3.83. The van der Waals surface area contributed by atoms with E-state index in [0.717, 1.165) is 55.7 Å². The smallest absolute Gasteiger partial charge is 0.116 e. The molecule has 0 saturated carbocycles. The lowest BCUT2D eigenvalue weighted by molar-refractivity contribution is 1.12. The van der Waals surface area contributed by atoms with Crippen LogP contribution in [0, 0.1) is 0 Å². The molecule has 6 aromatic rings. The highest BCUT2D eigenvalue weighted by molar-refractivity contribution is 6.00. The molecule has 1 aromatic carbocycles. The van der Waals surface area contributed by atoms with Crippen LogP contribution in [0.3, 0.4) is 0 Å². The number of rotatable bonds is 3. The largest absolute Gasteiger partial charge is 0.353 e. The van der Waals surface area contributed by atoms with E-state index in [0.29, 0.717) is 0 Å². The van der Waals surface area contributed by atoms with E-state index in [4.69, 9.17) is 0 Å². The van der Waals surface area contributed by atoms with Gasteiger partial charge in [-0.15, -0.1) is 0 Å². The van der Waals surface area contributed by atoms with Gasteiger partial charge in [0.15, 0.2) is 0 Å². The van der Waals surface area contributed by atoms with E-state index in [2.05, 4.69) is 54.4 Å². The van der Waals surface area contributed by atoms with Crippen molar-refractivity contribution in [3.63, 3.8) is 0 Å². The summed E-state index contributed by atoms with van der Waals surface area (Å²) < 4.78 is 0. The maximum Gasteiger partial charge on any atom is 0.116 e. The van der Waals surface area contributed by atoms with Crippen LogP contribution in [0.25, 0.3) is 55.7 Å². The van der Waals surface area contributed by atoms with Crippen molar-refractivity contribution in [3.05, 3.63) is 85.5 Å². The van der Waals surface area contributed by atoms with Crippen molar-refractivity contribution in [2.45, 2.75) is 0 Å². The Morgan fingerprint density at radius 2 is 1.53 bits per heavy atom. The van der Waals surface area contributed by atoms with Gasteiger partial charge in [-0.1, -0.05) is 12.1 Å². The molecule has 0 aliphatic rings. The maximum absolute atomic E-state index is 4.59. The first-order chi connectivity index (χ1) is 14.9. The van der Waals surface area contributed by atoms with E-state index in [9.17, 15) is 0 Å². The van der Waals surface area contributed by atoms with E-state index in [1.165, 1.54) is 0 Å². The first-order valence-corrected chi connectivity index (χ1v) is 9.65. The fraction of sp³-hybridized carbons (Fsp3) is 0. The van der Waals surface area contributed by atoms with Crippen molar-refractivity contribution >= 4 is 21.8 Å². The molecule has 0 unspecified atom stereocenters. The van der Waals surface area contributed by atoms with E-state index < -0.39 is 0 Å². The van der Waals surface area contributed by atoms with Crippen LogP contribution < -0.4 is 0 Å². The second-order valence-electron chi connectivity index (χ2n) is 7.09. The zero-order chi connectivity index (χ0) is 19.9. The SMILES string of the molecule is c1ccc(-c2nccc3[nH]c(-c4n[nH]c5ccc(-c6ccncc6)cc45)cc23)nc1. The third-order valence-electron chi connectivity index (χ3n) is 5.29. The lowest BCUT2D eigenvalue weighted by Crippen LogP contribution is -1.86. The topological polar surface area (TPSA) is 83.1 Å². The number of fused-ring (bicyclic) bond motifs is 2. The average molecular weight is 388 g/mol. The second-order valence-corrected chi connectivity index (χ2v) is 7.09. The average Bonchev–Trinajstić information content (AvgIpc) is 3.43. The lowest BCUT2D eigenvalue weighted by Gasteiger charge is -2.02. The second kappa shape index (κ2) is 6.63. The first-order valence-electron chi connectivity index (χ1n) is 9.65. The van der Waals surface area contributed by atoms with Crippen LogP contribution >= 0.6 is 0 Å². The molecule has 0 atom stereocenters. The number of hydrogen-bond acceptors (Lipinski definition) is 4. The molecular formula is C24H16N6. The van der Waals surface area contributed by atoms with Gasteiger partial charge < -0.3 is 4.98 Å². The molecule has 5 aromatic heterocycles. The van der Waals surface area contributed by atoms with Gasteiger partial charge in [-0.3, -0.25) is 20.1 Å². The summed E-state index contributed by atoms with van der Waals surface area (Å²) in [7, 11) is 0. The number of aromatic nitrogens is 6. The Labute approximate surface area is 171 Å². The Morgan fingerprint density at radius 1 is 0.633 bits per heavy atom. The minimum absolute atomic E-state index is 0.848. The van der Waals surface area contributed by atoms with Gasteiger partial charge in [0.25, 0.3) is 0 Å². The van der Waals surface area contributed by atoms with Crippen molar-refractivity contribution in [1.82, 2.24) is 30.1 Å². The fourth-order valence-electron chi connectivity index (χ4n) is 3.83. The van der Waals surface area contributed by atoms with Gasteiger partial charge in [-0.25, -0.2) is 0 Å². The Bertz CT molecular complexity index is 1480. The Balaban J connectivity index is 1.52. The monoisotopic (exact) mass is 388 g/mol. The predicted molar refractivity (Wildman–Crippen MR) is 118 cm³/mol. The molecule has 0 aliphatic heterocycles. The predicted octanol–water partition coefficient (Wildman–Crippen LogP) is 5.23. The van der Waals surface area contributed by atoms with Gasteiger partial charge in [-0.05, 0) is 59.7 Å². The highest BCUT2D eigenvalue weighted by Crippen LogP contribution is 2.33. The summed E-state index contributed by atoms with van der Waals surface area (Å²) in [4.78, 5) is 16.6. The number of pyridine rings is 3. The number of hydrogen-bond donors (Lipinski definition) is 2. The van der Waals surface area contributed by atoms with E-state index in [-0.39, 0.29) is 0 Å². The van der Waals surface area contributed by atoms with Gasteiger partial charge in [0, 0.05) is 41.1 Å². The zero-order valence-corrected chi connectivity index (χ0v) is 15.9. The van der Waals surface area contributed by atoms with Crippen molar-refractivity contribution in [2.24, 2.45) is 0 Å². The molecule has 0 radical (unpaired) electrons. The van der Waals surface area contributed by atoms with Crippen LogP contribution in [0.2, 0.25) is 0 Å². The highest BCUT2D eigenvalue weighted by Gasteiger charge is 2.15. The summed E-state index contributed by atoms with van der Waals surface area (Å²) in [5.41, 5.74) is 7.76. The number of benzene rings is 1. The molecule has 0 saturated heterocycles. The summed E-state index contributed by atoms with van der Waals surface area (Å²) in [6.45, 7) is 0. The van der Waals surface area contributed by atoms with Gasteiger partial charge in [0.1, 0.15) is 5.69 Å². The molecular weight excluding hydrogens is 372 g/mol. The molecule has 0 bridgehead atoms. The van der Waals surface area contributed by atoms with Gasteiger partial charge in [-0.2, -0.15) is 5.10 Å². The zero-order valence-electron chi connectivity index (χ0n) is 15.9. The van der Waals surface area contributed by atoms with E-state index in [1.807, 2.05) is 36.4 Å². The highest BCUT2D eigenvalue weighted by atomic mass is 15.1. The van der Waals surface area contributed by atoms with Crippen molar-refractivity contribution in [2.75, 3.05) is 0 Å². The summed E-state index contributed by atoms with van der Waals surface area (Å²) in [5.74, 6) is 0. The van der Waals surface area contributed by atoms with Crippen LogP contribution in [0.4, 0.5) is 0 Å². The third kappa shape index (κ3) is 2.66. The molecule has 5 heterocycles.